The van der Waals surface area contributed by atoms with Crippen molar-refractivity contribution in [1.82, 2.24) is 9.80 Å². The number of hydrogen-bond donors (Lipinski definition) is 0. The highest BCUT2D eigenvalue weighted by Crippen LogP contribution is 2.28. The van der Waals surface area contributed by atoms with Crippen LogP contribution in [0.3, 0.4) is 0 Å². The molecule has 0 radical (unpaired) electrons. The molecule has 2 aliphatic rings. The van der Waals surface area contributed by atoms with Gasteiger partial charge in [-0.05, 0) is 31.2 Å². The monoisotopic (exact) mass is 392 g/mol. The normalized spacial score (nSPS) is 17.1. The average molecular weight is 392 g/mol. The van der Waals surface area contributed by atoms with E-state index < -0.39 is 36.3 Å². The molecule has 0 spiro atoms. The van der Waals surface area contributed by atoms with Crippen LogP contribution >= 0.6 is 0 Å². The fraction of sp³-hybridized carbons (Fsp3) is 0.182. The van der Waals surface area contributed by atoms with Crippen LogP contribution in [0.15, 0.2) is 60.2 Å². The smallest absolute Gasteiger partial charge is 0.262 e. The van der Waals surface area contributed by atoms with Crippen molar-refractivity contribution in [2.75, 3.05) is 13.2 Å². The van der Waals surface area contributed by atoms with E-state index in [-0.39, 0.29) is 17.7 Å². The Bertz CT molecular complexity index is 1020. The number of benzene rings is 2. The van der Waals surface area contributed by atoms with E-state index in [4.69, 9.17) is 0 Å². The Labute approximate surface area is 166 Å². The van der Waals surface area contributed by atoms with Gasteiger partial charge >= 0.3 is 0 Å². The van der Waals surface area contributed by atoms with Crippen molar-refractivity contribution in [3.05, 3.63) is 82.4 Å². The molecule has 4 amide bonds. The van der Waals surface area contributed by atoms with Gasteiger partial charge in [-0.15, -0.1) is 0 Å². The quantitative estimate of drug-likeness (QED) is 0.579. The van der Waals surface area contributed by atoms with Crippen LogP contribution in [0.5, 0.6) is 0 Å². The minimum Gasteiger partial charge on any atom is -0.270 e. The lowest BCUT2D eigenvalue weighted by atomic mass is 10.1. The third kappa shape index (κ3) is 2.86. The first-order valence-corrected chi connectivity index (χ1v) is 9.10. The molecule has 0 bridgehead atoms. The lowest BCUT2D eigenvalue weighted by Crippen LogP contribution is -2.42. The molecule has 4 rings (SSSR count). The van der Waals surface area contributed by atoms with Gasteiger partial charge in [0.25, 0.3) is 23.6 Å². The number of fused-ring (bicyclic) bond motifs is 2. The molecule has 0 N–H and O–H groups in total. The lowest BCUT2D eigenvalue weighted by Gasteiger charge is -2.25. The SMILES string of the molecule is CC(=CCN1C(=O)c2ccccc2C1=O)C(CF)N1C(=O)c2ccccc2C1=O. The third-order valence-corrected chi connectivity index (χ3v) is 5.28. The van der Waals surface area contributed by atoms with Gasteiger partial charge in [0.15, 0.2) is 0 Å². The van der Waals surface area contributed by atoms with Crippen molar-refractivity contribution < 1.29 is 23.6 Å². The molecule has 2 aromatic carbocycles. The number of halogens is 1. The predicted molar refractivity (Wildman–Crippen MR) is 102 cm³/mol. The Morgan fingerprint density at radius 1 is 0.828 bits per heavy atom. The summed E-state index contributed by atoms with van der Waals surface area (Å²) < 4.78 is 13.9. The topological polar surface area (TPSA) is 74.8 Å². The van der Waals surface area contributed by atoms with Crippen molar-refractivity contribution in [2.45, 2.75) is 13.0 Å². The Kier molecular flexibility index (Phi) is 4.58. The van der Waals surface area contributed by atoms with Gasteiger partial charge in [-0.25, -0.2) is 4.39 Å². The number of carbonyl (C=O) groups is 4. The number of hydrogen-bond acceptors (Lipinski definition) is 4. The summed E-state index contributed by atoms with van der Waals surface area (Å²) in [5.74, 6) is -1.96. The number of alkyl halides is 1. The zero-order valence-electron chi connectivity index (χ0n) is 15.6. The molecule has 1 unspecified atom stereocenters. The Balaban J connectivity index is 1.56. The number of carbonyl (C=O) groups excluding carboxylic acids is 4. The fourth-order valence-electron chi connectivity index (χ4n) is 3.66. The molecule has 0 fully saturated rings. The summed E-state index contributed by atoms with van der Waals surface area (Å²) in [6, 6.07) is 11.8. The Morgan fingerprint density at radius 3 is 1.66 bits per heavy atom. The number of rotatable bonds is 5. The summed E-state index contributed by atoms with van der Waals surface area (Å²) in [6.07, 6.45) is 1.51. The molecule has 7 heteroatoms. The van der Waals surface area contributed by atoms with Crippen LogP contribution < -0.4 is 0 Å². The van der Waals surface area contributed by atoms with Crippen LogP contribution in [0, 0.1) is 0 Å². The van der Waals surface area contributed by atoms with Crippen molar-refractivity contribution >= 4 is 23.6 Å². The molecular formula is C22H17FN2O4. The highest BCUT2D eigenvalue weighted by Gasteiger charge is 2.40. The molecule has 29 heavy (non-hydrogen) atoms. The van der Waals surface area contributed by atoms with Crippen molar-refractivity contribution in [2.24, 2.45) is 0 Å². The molecule has 0 aromatic heterocycles. The Hall–Kier alpha value is -3.61. The van der Waals surface area contributed by atoms with Gasteiger partial charge in [0.2, 0.25) is 0 Å². The zero-order chi connectivity index (χ0) is 20.7. The number of imide groups is 2. The third-order valence-electron chi connectivity index (χ3n) is 5.28. The maximum Gasteiger partial charge on any atom is 0.262 e. The van der Waals surface area contributed by atoms with Gasteiger partial charge < -0.3 is 0 Å². The molecule has 0 saturated heterocycles. The van der Waals surface area contributed by atoms with Crippen LogP contribution in [0.1, 0.15) is 48.4 Å². The molecular weight excluding hydrogens is 375 g/mol. The van der Waals surface area contributed by atoms with E-state index in [1.165, 1.54) is 18.2 Å². The van der Waals surface area contributed by atoms with Crippen LogP contribution in [0.25, 0.3) is 0 Å². The minimum absolute atomic E-state index is 0.0716. The number of nitrogens with zero attached hydrogens (tertiary/aromatic N) is 2. The fourth-order valence-corrected chi connectivity index (χ4v) is 3.66. The van der Waals surface area contributed by atoms with E-state index in [0.717, 1.165) is 9.80 Å². The van der Waals surface area contributed by atoms with E-state index >= 15 is 0 Å². The van der Waals surface area contributed by atoms with Crippen molar-refractivity contribution in [3.63, 3.8) is 0 Å². The van der Waals surface area contributed by atoms with Gasteiger partial charge in [-0.1, -0.05) is 35.9 Å². The first-order chi connectivity index (χ1) is 14.0. The standard InChI is InChI=1S/C22H17FN2O4/c1-13(10-11-24-19(26)14-6-2-3-7-15(14)20(24)27)18(12-23)25-21(28)16-8-4-5-9-17(16)22(25)29/h2-10,18H,11-12H2,1H3. The first kappa shape index (κ1) is 18.7. The molecule has 6 nitrogen and oxygen atoms in total. The maximum absolute atomic E-state index is 13.9. The average Bonchev–Trinajstić information content (AvgIpc) is 3.13. The van der Waals surface area contributed by atoms with E-state index in [0.29, 0.717) is 16.7 Å². The summed E-state index contributed by atoms with van der Waals surface area (Å²) in [6.45, 7) is 0.541. The van der Waals surface area contributed by atoms with E-state index in [2.05, 4.69) is 0 Å². The lowest BCUT2D eigenvalue weighted by molar-refractivity contribution is 0.0581. The van der Waals surface area contributed by atoms with Crippen LogP contribution in [-0.2, 0) is 0 Å². The summed E-state index contributed by atoms with van der Waals surface area (Å²) in [5.41, 5.74) is 1.52. The Morgan fingerprint density at radius 2 is 1.24 bits per heavy atom. The summed E-state index contributed by atoms with van der Waals surface area (Å²) in [5, 5.41) is 0. The molecule has 1 atom stereocenters. The van der Waals surface area contributed by atoms with Crippen LogP contribution in [-0.4, -0.2) is 52.7 Å². The largest absolute Gasteiger partial charge is 0.270 e. The molecule has 146 valence electrons. The van der Waals surface area contributed by atoms with Crippen LogP contribution in [0.4, 0.5) is 4.39 Å². The van der Waals surface area contributed by atoms with Gasteiger partial charge in [-0.2, -0.15) is 0 Å². The highest BCUT2D eigenvalue weighted by atomic mass is 19.1. The van der Waals surface area contributed by atoms with E-state index in [9.17, 15) is 23.6 Å². The van der Waals surface area contributed by atoms with E-state index in [1.54, 1.807) is 43.3 Å². The first-order valence-electron chi connectivity index (χ1n) is 9.10. The second-order valence-electron chi connectivity index (χ2n) is 6.91. The van der Waals surface area contributed by atoms with Gasteiger partial charge in [0.1, 0.15) is 6.67 Å². The number of amides is 4. The highest BCUT2D eigenvalue weighted by molar-refractivity contribution is 6.22. The summed E-state index contributed by atoms with van der Waals surface area (Å²) >= 11 is 0. The molecule has 2 aromatic rings. The predicted octanol–water partition coefficient (Wildman–Crippen LogP) is 2.86. The summed E-state index contributed by atoms with van der Waals surface area (Å²) in [7, 11) is 0. The molecule has 0 aliphatic carbocycles. The zero-order valence-corrected chi connectivity index (χ0v) is 15.6. The molecule has 2 heterocycles. The van der Waals surface area contributed by atoms with Gasteiger partial charge in [0.05, 0.1) is 28.3 Å². The van der Waals surface area contributed by atoms with Gasteiger partial charge in [-0.3, -0.25) is 29.0 Å². The van der Waals surface area contributed by atoms with Crippen molar-refractivity contribution in [1.29, 1.82) is 0 Å². The van der Waals surface area contributed by atoms with Gasteiger partial charge in [0, 0.05) is 6.54 Å². The van der Waals surface area contributed by atoms with Crippen molar-refractivity contribution in [3.8, 4) is 0 Å². The minimum atomic E-state index is -1.10. The van der Waals surface area contributed by atoms with Crippen LogP contribution in [0.2, 0.25) is 0 Å². The second kappa shape index (κ2) is 7.09. The second-order valence-corrected chi connectivity index (χ2v) is 6.91. The maximum atomic E-state index is 13.9. The van der Waals surface area contributed by atoms with E-state index in [1.807, 2.05) is 0 Å². The summed E-state index contributed by atoms with van der Waals surface area (Å²) in [4.78, 5) is 52.1. The molecule has 2 aliphatic heterocycles. The molecule has 0 saturated carbocycles.